The quantitative estimate of drug-likeness (QED) is 0.774. The van der Waals surface area contributed by atoms with Gasteiger partial charge in [0.25, 0.3) is 5.56 Å². The maximum Gasteiger partial charge on any atom is 0.252 e. The summed E-state index contributed by atoms with van der Waals surface area (Å²) >= 11 is 0. The SMILES string of the molecule is Cc1cc(C)c2cc([C@@H]3C(C#N)=C(N)OC4=C3C(=O)CC(C)(C)C4)c(=O)[nH]c2c1. The second kappa shape index (κ2) is 6.35. The topological polar surface area (TPSA) is 109 Å². The third-order valence-electron chi connectivity index (χ3n) is 5.73. The largest absolute Gasteiger partial charge is 0.444 e. The molecule has 3 N–H and O–H groups in total. The van der Waals surface area contributed by atoms with Gasteiger partial charge in [-0.15, -0.1) is 0 Å². The molecule has 1 aliphatic heterocycles. The maximum atomic E-state index is 13.1. The van der Waals surface area contributed by atoms with E-state index in [4.69, 9.17) is 10.5 Å². The molecule has 0 bridgehead atoms. The van der Waals surface area contributed by atoms with Gasteiger partial charge in [-0.05, 0) is 42.5 Å². The zero-order valence-corrected chi connectivity index (χ0v) is 17.0. The van der Waals surface area contributed by atoms with Crippen molar-refractivity contribution in [1.82, 2.24) is 4.98 Å². The molecule has 0 saturated carbocycles. The number of carbonyl (C=O) groups is 1. The Bertz CT molecular complexity index is 1240. The van der Waals surface area contributed by atoms with Crippen molar-refractivity contribution < 1.29 is 9.53 Å². The van der Waals surface area contributed by atoms with Gasteiger partial charge in [-0.3, -0.25) is 9.59 Å². The van der Waals surface area contributed by atoms with E-state index in [0.29, 0.717) is 29.7 Å². The highest BCUT2D eigenvalue weighted by atomic mass is 16.5. The lowest BCUT2D eigenvalue weighted by atomic mass is 9.70. The number of aryl methyl sites for hydroxylation is 2. The molecule has 1 aromatic heterocycles. The van der Waals surface area contributed by atoms with Gasteiger partial charge in [-0.2, -0.15) is 5.26 Å². The van der Waals surface area contributed by atoms with Crippen molar-refractivity contribution in [2.24, 2.45) is 11.1 Å². The van der Waals surface area contributed by atoms with Gasteiger partial charge in [0.2, 0.25) is 5.88 Å². The summed E-state index contributed by atoms with van der Waals surface area (Å²) in [5.74, 6) is -0.502. The second-order valence-corrected chi connectivity index (χ2v) is 8.80. The summed E-state index contributed by atoms with van der Waals surface area (Å²) in [4.78, 5) is 29.0. The summed E-state index contributed by atoms with van der Waals surface area (Å²) in [5.41, 5.74) is 9.04. The number of hydrogen-bond acceptors (Lipinski definition) is 5. The van der Waals surface area contributed by atoms with E-state index in [2.05, 4.69) is 11.1 Å². The number of ketones is 1. The lowest BCUT2D eigenvalue weighted by Gasteiger charge is -2.37. The third-order valence-corrected chi connectivity index (χ3v) is 5.73. The van der Waals surface area contributed by atoms with E-state index in [1.807, 2.05) is 39.8 Å². The van der Waals surface area contributed by atoms with Crippen LogP contribution in [0, 0.1) is 30.6 Å². The van der Waals surface area contributed by atoms with Gasteiger partial charge >= 0.3 is 0 Å². The van der Waals surface area contributed by atoms with Crippen molar-refractivity contribution >= 4 is 16.7 Å². The normalized spacial score (nSPS) is 21.1. The number of allylic oxidation sites excluding steroid dienone is 3. The summed E-state index contributed by atoms with van der Waals surface area (Å²) in [6.45, 7) is 7.91. The molecule has 0 spiro atoms. The number of Topliss-reactive ketones (excluding diaryl/α,β-unsaturated/α-hetero) is 1. The van der Waals surface area contributed by atoms with E-state index >= 15 is 0 Å². The molecule has 1 atom stereocenters. The fourth-order valence-electron chi connectivity index (χ4n) is 4.50. The number of pyridine rings is 1. The van der Waals surface area contributed by atoms with Crippen molar-refractivity contribution in [3.05, 3.63) is 68.0 Å². The number of nitrogens with two attached hydrogens (primary N) is 1. The van der Waals surface area contributed by atoms with E-state index in [0.717, 1.165) is 22.0 Å². The molecule has 2 aliphatic rings. The Balaban J connectivity index is 2.00. The fraction of sp³-hybridized carbons (Fsp3) is 0.348. The average molecular weight is 389 g/mol. The van der Waals surface area contributed by atoms with Crippen LogP contribution in [0.3, 0.4) is 0 Å². The number of nitrogens with one attached hydrogen (secondary N) is 1. The second-order valence-electron chi connectivity index (χ2n) is 8.80. The Labute approximate surface area is 168 Å². The zero-order chi connectivity index (χ0) is 21.1. The Morgan fingerprint density at radius 1 is 1.21 bits per heavy atom. The van der Waals surface area contributed by atoms with Gasteiger partial charge in [-0.1, -0.05) is 19.9 Å². The Kier molecular flexibility index (Phi) is 4.16. The van der Waals surface area contributed by atoms with Crippen molar-refractivity contribution in [1.29, 1.82) is 5.26 Å². The van der Waals surface area contributed by atoms with Gasteiger partial charge in [0, 0.05) is 34.9 Å². The minimum atomic E-state index is -0.818. The Hall–Kier alpha value is -3.33. The maximum absolute atomic E-state index is 13.1. The molecule has 1 aromatic carbocycles. The predicted octanol–water partition coefficient (Wildman–Crippen LogP) is 3.60. The molecule has 6 nitrogen and oxygen atoms in total. The lowest BCUT2D eigenvalue weighted by Crippen LogP contribution is -2.35. The summed E-state index contributed by atoms with van der Waals surface area (Å²) in [6, 6.07) is 7.78. The molecule has 0 fully saturated rings. The van der Waals surface area contributed by atoms with Gasteiger partial charge in [0.05, 0.1) is 5.92 Å². The van der Waals surface area contributed by atoms with Crippen LogP contribution in [-0.2, 0) is 9.53 Å². The van der Waals surface area contributed by atoms with Crippen molar-refractivity contribution in [2.45, 2.75) is 46.5 Å². The first-order chi connectivity index (χ1) is 13.6. The predicted molar refractivity (Wildman–Crippen MR) is 110 cm³/mol. The third kappa shape index (κ3) is 3.03. The van der Waals surface area contributed by atoms with Crippen LogP contribution in [0.25, 0.3) is 10.9 Å². The molecular formula is C23H23N3O3. The minimum absolute atomic E-state index is 0.0399. The number of hydrogen-bond donors (Lipinski definition) is 2. The highest BCUT2D eigenvalue weighted by Gasteiger charge is 2.43. The van der Waals surface area contributed by atoms with Crippen LogP contribution < -0.4 is 11.3 Å². The van der Waals surface area contributed by atoms with Crippen molar-refractivity contribution in [2.75, 3.05) is 0 Å². The number of ether oxygens (including phenoxy) is 1. The first-order valence-electron chi connectivity index (χ1n) is 9.59. The van der Waals surface area contributed by atoms with E-state index in [-0.39, 0.29) is 28.2 Å². The molecule has 0 radical (unpaired) electrons. The molecule has 1 aliphatic carbocycles. The Morgan fingerprint density at radius 3 is 2.62 bits per heavy atom. The highest BCUT2D eigenvalue weighted by molar-refractivity contribution is 6.00. The molecule has 2 aromatic rings. The van der Waals surface area contributed by atoms with Crippen LogP contribution in [0.5, 0.6) is 0 Å². The molecule has 2 heterocycles. The van der Waals surface area contributed by atoms with Gasteiger partial charge in [0.1, 0.15) is 17.4 Å². The molecule has 4 rings (SSSR count). The van der Waals surface area contributed by atoms with Crippen LogP contribution in [-0.4, -0.2) is 10.8 Å². The zero-order valence-electron chi connectivity index (χ0n) is 17.0. The van der Waals surface area contributed by atoms with E-state index < -0.39 is 5.92 Å². The number of aromatic nitrogens is 1. The summed E-state index contributed by atoms with van der Waals surface area (Å²) in [5, 5.41) is 10.6. The Morgan fingerprint density at radius 2 is 1.93 bits per heavy atom. The fourth-order valence-corrected chi connectivity index (χ4v) is 4.50. The number of nitriles is 1. The number of benzene rings is 1. The van der Waals surface area contributed by atoms with Crippen LogP contribution in [0.2, 0.25) is 0 Å². The van der Waals surface area contributed by atoms with Crippen LogP contribution in [0.4, 0.5) is 0 Å². The molecule has 148 valence electrons. The number of carbonyl (C=O) groups excluding carboxylic acids is 1. The number of nitrogens with zero attached hydrogens (tertiary/aromatic N) is 1. The molecular weight excluding hydrogens is 366 g/mol. The number of aromatic amines is 1. The van der Waals surface area contributed by atoms with Gasteiger partial charge in [0.15, 0.2) is 5.78 Å². The van der Waals surface area contributed by atoms with E-state index in [1.165, 1.54) is 0 Å². The average Bonchev–Trinajstić information content (AvgIpc) is 2.58. The van der Waals surface area contributed by atoms with E-state index in [1.54, 1.807) is 6.07 Å². The molecule has 0 amide bonds. The van der Waals surface area contributed by atoms with Gasteiger partial charge in [-0.25, -0.2) is 0 Å². The summed E-state index contributed by atoms with van der Waals surface area (Å²) in [6.07, 6.45) is 0.849. The highest BCUT2D eigenvalue weighted by Crippen LogP contribution is 2.47. The molecule has 0 unspecified atom stereocenters. The van der Waals surface area contributed by atoms with Crippen LogP contribution in [0.15, 0.2) is 45.8 Å². The van der Waals surface area contributed by atoms with Crippen LogP contribution >= 0.6 is 0 Å². The smallest absolute Gasteiger partial charge is 0.252 e. The molecule has 0 saturated heterocycles. The first kappa shape index (κ1) is 19.0. The number of rotatable bonds is 1. The lowest BCUT2D eigenvalue weighted by molar-refractivity contribution is -0.119. The minimum Gasteiger partial charge on any atom is -0.444 e. The molecule has 29 heavy (non-hydrogen) atoms. The van der Waals surface area contributed by atoms with Crippen molar-refractivity contribution in [3.8, 4) is 6.07 Å². The molecule has 6 heteroatoms. The summed E-state index contributed by atoms with van der Waals surface area (Å²) in [7, 11) is 0. The van der Waals surface area contributed by atoms with E-state index in [9.17, 15) is 14.9 Å². The number of fused-ring (bicyclic) bond motifs is 1. The first-order valence-corrected chi connectivity index (χ1v) is 9.59. The van der Waals surface area contributed by atoms with Gasteiger partial charge < -0.3 is 15.5 Å². The standard InChI is InChI=1S/C23H23N3O3/c1-11-5-12(2)13-7-14(22(28)26-16(13)6-11)19-15(10-24)21(25)29-18-9-23(3,4)8-17(27)20(18)19/h5-7,19H,8-9,25H2,1-4H3,(H,26,28)/t19-/m1/s1. The summed E-state index contributed by atoms with van der Waals surface area (Å²) < 4.78 is 5.70. The monoisotopic (exact) mass is 389 g/mol. The van der Waals surface area contributed by atoms with Crippen molar-refractivity contribution in [3.63, 3.8) is 0 Å². The number of H-pyrrole nitrogens is 1. The van der Waals surface area contributed by atoms with Crippen LogP contribution in [0.1, 0.15) is 49.3 Å².